The third kappa shape index (κ3) is 22.3. The Bertz CT molecular complexity index is 4750. The molecule has 7 nitrogen and oxygen atoms in total. The Labute approximate surface area is 667 Å². The van der Waals surface area contributed by atoms with Gasteiger partial charge in [-0.1, -0.05) is 188 Å². The quantitative estimate of drug-likeness (QED) is 0.0765. The molecule has 1 saturated heterocycles. The molecule has 1 aliphatic carbocycles. The molecular weight excluding hydrogens is 1340 g/mol. The molecule has 6 aromatic carbocycles. The van der Waals surface area contributed by atoms with Gasteiger partial charge in [0.05, 0.1) is 25.7 Å². The van der Waals surface area contributed by atoms with Gasteiger partial charge in [0.25, 0.3) is 0 Å². The van der Waals surface area contributed by atoms with Gasteiger partial charge in [-0.25, -0.2) is 22.8 Å². The fraction of sp³-hybridized carbons (Fsp3) is 0.476. The van der Waals surface area contributed by atoms with Crippen LogP contribution in [0.25, 0.3) is 64.6 Å². The average molecular weight is 1480 g/mol. The highest BCUT2D eigenvalue weighted by atomic mass is 15.4. The van der Waals surface area contributed by atoms with E-state index in [0.29, 0.717) is 71.8 Å². The van der Waals surface area contributed by atoms with E-state index in [1.54, 1.807) is 0 Å². The molecule has 586 valence electrons. The van der Waals surface area contributed by atoms with E-state index in [2.05, 4.69) is 448 Å². The lowest BCUT2D eigenvalue weighted by molar-refractivity contribution is -0.946. The molecule has 4 unspecified atom stereocenters. The van der Waals surface area contributed by atoms with Crippen molar-refractivity contribution in [1.82, 2.24) is 0 Å². The summed E-state index contributed by atoms with van der Waals surface area (Å²) in [4.78, 5) is 0. The van der Waals surface area contributed by atoms with Gasteiger partial charge in [-0.3, -0.25) is 0 Å². The standard InChI is InChI=1S/6C15H20N.C13H26N/c1-11(2)13-5-6-15-10-16(12(3)4)8-7-14(15)9-13;1-11(2)14-6-5-13-7-8-16(12(3)4)10-15(13)9-14;1-11(2)14-7-5-6-13-10-16(12(3)4)9-8-15(13)14;1-11(2)14-7-5-6-13-8-9-16(12(3)4)10-15(13)14;1-11(2)15-10-16(12(3)4)9-13-7-5-6-8-14(13)15;1-11(2)15-9-13-7-5-6-8-14(13)10-16(15)12(3)4;1-9(2)13-7-12-6-11(13)8-14(12,5)10(3)4/h6*5-12H,1-4H3;9-13H,6-8H2,1-5H3/q7*+1. The number of hydrogen-bond donors (Lipinski definition) is 0. The zero-order chi connectivity index (χ0) is 80.7. The second-order valence-corrected chi connectivity index (χ2v) is 36.4. The number of rotatable bonds is 14. The maximum Gasteiger partial charge on any atom is 0.184 e. The number of piperidine rings is 1. The van der Waals surface area contributed by atoms with E-state index < -0.39 is 0 Å². The second-order valence-electron chi connectivity index (χ2n) is 36.4. The number of nitrogens with zero attached hydrogens (tertiary/aromatic N) is 7. The van der Waals surface area contributed by atoms with Crippen molar-refractivity contribution < 1.29 is 31.9 Å². The fourth-order valence-corrected chi connectivity index (χ4v) is 16.1. The van der Waals surface area contributed by atoms with Gasteiger partial charge < -0.3 is 4.48 Å². The normalized spacial score (nSPS) is 16.1. The summed E-state index contributed by atoms with van der Waals surface area (Å²) in [6.07, 6.45) is 27.5. The Kier molecular flexibility index (Phi) is 31.2. The highest BCUT2D eigenvalue weighted by Crippen LogP contribution is 2.49. The molecule has 12 aromatic rings. The zero-order valence-corrected chi connectivity index (χ0v) is 73.9. The molecule has 1 saturated carbocycles. The van der Waals surface area contributed by atoms with Crippen LogP contribution in [0.15, 0.2) is 220 Å². The highest BCUT2D eigenvalue weighted by molar-refractivity contribution is 5.87. The lowest BCUT2D eigenvalue weighted by atomic mass is 9.84. The number of quaternary nitrogens is 1. The molecule has 0 N–H and O–H groups in total. The SMILES string of the molecule is CC(C)C1CC2CC1C[N+]2(C)C(C)C.CC(C)c1c[n+](C(C)C)cc2ccccc12.CC(C)c1cc2ccccc2c[n+]1C(C)C.CC(C)c1ccc2c[n+](C(C)C)ccc2c1.CC(C)c1ccc2cc[n+](C(C)C)cc2c1.CC(C)c1cccc2c[n+](C(C)C)ccc12.CC(C)c1cccc2cc[n+](C(C)C)cc12. The van der Waals surface area contributed by atoms with Gasteiger partial charge in [0.2, 0.25) is 0 Å². The van der Waals surface area contributed by atoms with Gasteiger partial charge in [0.1, 0.15) is 0 Å². The molecule has 4 atom stereocenters. The summed E-state index contributed by atoms with van der Waals surface area (Å²) in [5, 5.41) is 16.1. The monoisotopic (exact) mass is 1480 g/mol. The van der Waals surface area contributed by atoms with Crippen LogP contribution in [0.1, 0.15) is 312 Å². The first-order valence-electron chi connectivity index (χ1n) is 42.5. The number of pyridine rings is 6. The van der Waals surface area contributed by atoms with Crippen LogP contribution in [0.3, 0.4) is 0 Å². The molecule has 7 heteroatoms. The van der Waals surface area contributed by atoms with E-state index in [1.807, 2.05) is 0 Å². The number of hydrogen-bond acceptors (Lipinski definition) is 0. The summed E-state index contributed by atoms with van der Waals surface area (Å²) in [6.45, 7) is 64.6. The van der Waals surface area contributed by atoms with E-state index in [4.69, 9.17) is 0 Å². The summed E-state index contributed by atoms with van der Waals surface area (Å²) in [7, 11) is 2.48. The van der Waals surface area contributed by atoms with Crippen molar-refractivity contribution in [3.8, 4) is 0 Å². The third-order valence-electron chi connectivity index (χ3n) is 23.7. The minimum atomic E-state index is 0.516. The first-order chi connectivity index (χ1) is 52.0. The molecule has 2 bridgehead atoms. The fourth-order valence-electron chi connectivity index (χ4n) is 16.1. The zero-order valence-electron chi connectivity index (χ0n) is 73.9. The lowest BCUT2D eigenvalue weighted by Crippen LogP contribution is -2.56. The second kappa shape index (κ2) is 39.3. The Balaban J connectivity index is 0.000000161. The number of fused-ring (bicyclic) bond motifs is 8. The third-order valence-corrected chi connectivity index (χ3v) is 23.7. The Morgan fingerprint density at radius 2 is 0.700 bits per heavy atom. The van der Waals surface area contributed by atoms with Crippen molar-refractivity contribution in [1.29, 1.82) is 0 Å². The molecule has 0 amide bonds. The molecule has 1 aliphatic heterocycles. The summed E-state index contributed by atoms with van der Waals surface area (Å²) >= 11 is 0. The van der Waals surface area contributed by atoms with E-state index in [1.165, 1.54) is 122 Å². The van der Waals surface area contributed by atoms with E-state index in [-0.39, 0.29) is 0 Å². The van der Waals surface area contributed by atoms with E-state index >= 15 is 0 Å². The average Bonchev–Trinajstić information content (AvgIpc) is 1.59. The van der Waals surface area contributed by atoms with Crippen LogP contribution in [-0.4, -0.2) is 30.2 Å². The maximum atomic E-state index is 2.48. The largest absolute Gasteiger partial charge is 0.321 e. The first-order valence-corrected chi connectivity index (χ1v) is 42.5. The molecule has 0 spiro atoms. The van der Waals surface area contributed by atoms with Gasteiger partial charge in [-0.2, -0.15) is 4.57 Å². The van der Waals surface area contributed by atoms with Crippen LogP contribution in [-0.2, 0) is 0 Å². The van der Waals surface area contributed by atoms with Crippen molar-refractivity contribution in [3.05, 3.63) is 253 Å². The number of likely N-dealkylation sites (tertiary alicyclic amines) is 1. The van der Waals surface area contributed by atoms with Crippen LogP contribution in [0.5, 0.6) is 0 Å². The molecule has 6 aromatic heterocycles. The molecule has 7 heterocycles. The van der Waals surface area contributed by atoms with Crippen molar-refractivity contribution in [2.45, 2.75) is 291 Å². The van der Waals surface area contributed by atoms with Gasteiger partial charge in [0, 0.05) is 92.9 Å². The Morgan fingerprint density at radius 1 is 0.291 bits per heavy atom. The van der Waals surface area contributed by atoms with Gasteiger partial charge in [-0.05, 0) is 223 Å². The van der Waals surface area contributed by atoms with Gasteiger partial charge >= 0.3 is 0 Å². The Morgan fingerprint density at radius 3 is 1.19 bits per heavy atom. The van der Waals surface area contributed by atoms with E-state index in [9.17, 15) is 0 Å². The predicted molar refractivity (Wildman–Crippen MR) is 473 cm³/mol. The van der Waals surface area contributed by atoms with Crippen LogP contribution >= 0.6 is 0 Å². The van der Waals surface area contributed by atoms with Crippen molar-refractivity contribution in [2.24, 2.45) is 17.8 Å². The topological polar surface area (TPSA) is 23.3 Å². The minimum absolute atomic E-state index is 0.516. The van der Waals surface area contributed by atoms with Gasteiger partial charge in [0.15, 0.2) is 110 Å². The van der Waals surface area contributed by atoms with Crippen LogP contribution in [0.4, 0.5) is 0 Å². The smallest absolute Gasteiger partial charge is 0.184 e. The molecular formula is C103H146N7+7. The van der Waals surface area contributed by atoms with Crippen molar-refractivity contribution in [3.63, 3.8) is 0 Å². The molecule has 0 radical (unpaired) electrons. The molecule has 2 aliphatic rings. The van der Waals surface area contributed by atoms with Crippen LogP contribution < -0.4 is 27.4 Å². The first kappa shape index (κ1) is 87.3. The highest BCUT2D eigenvalue weighted by Gasteiger charge is 2.55. The summed E-state index contributed by atoms with van der Waals surface area (Å²) in [5.74, 6) is 6.45. The lowest BCUT2D eigenvalue weighted by Gasteiger charge is -2.44. The summed E-state index contributed by atoms with van der Waals surface area (Å²) in [5.41, 5.74) is 8.55. The van der Waals surface area contributed by atoms with Crippen LogP contribution in [0.2, 0.25) is 0 Å². The summed E-state index contributed by atoms with van der Waals surface area (Å²) in [6, 6.07) is 59.9. The van der Waals surface area contributed by atoms with Crippen molar-refractivity contribution >= 4 is 64.6 Å². The summed E-state index contributed by atoms with van der Waals surface area (Å²) < 4.78 is 15.1. The minimum Gasteiger partial charge on any atom is -0.321 e. The van der Waals surface area contributed by atoms with E-state index in [0.717, 1.165) is 29.8 Å². The number of aromatic nitrogens is 6. The van der Waals surface area contributed by atoms with Crippen molar-refractivity contribution in [2.75, 3.05) is 13.6 Å². The Hall–Kier alpha value is -8.26. The molecule has 14 rings (SSSR count). The predicted octanol–water partition coefficient (Wildman–Crippen LogP) is 25.9. The molecule has 110 heavy (non-hydrogen) atoms. The van der Waals surface area contributed by atoms with Crippen LogP contribution in [0, 0.1) is 17.8 Å². The maximum absolute atomic E-state index is 2.48. The number of benzene rings is 6. The molecule has 2 fully saturated rings. The van der Waals surface area contributed by atoms with Gasteiger partial charge in [-0.15, -0.1) is 0 Å².